The van der Waals surface area contributed by atoms with E-state index in [1.807, 2.05) is 34.6 Å². The smallest absolute Gasteiger partial charge is 0.410 e. The summed E-state index contributed by atoms with van der Waals surface area (Å²) in [5.41, 5.74) is 5.30. The SMILES string of the molecule is CCCN(CCNC(N)=NCCCOCC)C(=O)OC(C)(C)C. The van der Waals surface area contributed by atoms with E-state index in [-0.39, 0.29) is 6.09 Å². The highest BCUT2D eigenvalue weighted by molar-refractivity contribution is 5.77. The van der Waals surface area contributed by atoms with Crippen LogP contribution in [-0.4, -0.2) is 61.9 Å². The molecule has 7 nitrogen and oxygen atoms in total. The van der Waals surface area contributed by atoms with Crippen LogP contribution in [0.4, 0.5) is 4.79 Å². The van der Waals surface area contributed by atoms with Gasteiger partial charge >= 0.3 is 6.09 Å². The van der Waals surface area contributed by atoms with Crippen LogP contribution in [0.15, 0.2) is 4.99 Å². The second-order valence-electron chi connectivity index (χ2n) is 6.21. The quantitative estimate of drug-likeness (QED) is 0.363. The zero-order valence-electron chi connectivity index (χ0n) is 15.4. The van der Waals surface area contributed by atoms with Gasteiger partial charge in [-0.1, -0.05) is 6.92 Å². The predicted octanol–water partition coefficient (Wildman–Crippen LogP) is 1.96. The lowest BCUT2D eigenvalue weighted by atomic mass is 10.2. The third kappa shape index (κ3) is 12.7. The Kier molecular flexibility index (Phi) is 11.2. The van der Waals surface area contributed by atoms with Crippen molar-refractivity contribution in [3.63, 3.8) is 0 Å². The summed E-state index contributed by atoms with van der Waals surface area (Å²) in [6.07, 6.45) is 1.42. The molecule has 3 N–H and O–H groups in total. The van der Waals surface area contributed by atoms with E-state index >= 15 is 0 Å². The Labute approximate surface area is 140 Å². The number of rotatable bonds is 10. The van der Waals surface area contributed by atoms with Crippen molar-refractivity contribution in [2.75, 3.05) is 39.4 Å². The molecule has 0 heterocycles. The molecule has 136 valence electrons. The average Bonchev–Trinajstić information content (AvgIpc) is 2.44. The molecule has 0 bridgehead atoms. The Morgan fingerprint density at radius 1 is 1.26 bits per heavy atom. The number of nitrogens with one attached hydrogen (secondary N) is 1. The Morgan fingerprint density at radius 3 is 2.52 bits per heavy atom. The summed E-state index contributed by atoms with van der Waals surface area (Å²) in [4.78, 5) is 18.0. The Hall–Kier alpha value is -1.50. The van der Waals surface area contributed by atoms with E-state index in [0.29, 0.717) is 38.7 Å². The van der Waals surface area contributed by atoms with Crippen LogP contribution in [0.25, 0.3) is 0 Å². The second-order valence-corrected chi connectivity index (χ2v) is 6.21. The molecule has 0 aliphatic rings. The first-order valence-electron chi connectivity index (χ1n) is 8.39. The van der Waals surface area contributed by atoms with Crippen LogP contribution in [0.1, 0.15) is 47.5 Å². The van der Waals surface area contributed by atoms with E-state index in [1.54, 1.807) is 4.90 Å². The van der Waals surface area contributed by atoms with Gasteiger partial charge in [0.1, 0.15) is 5.60 Å². The summed E-state index contributed by atoms with van der Waals surface area (Å²) in [5.74, 6) is 0.391. The maximum absolute atomic E-state index is 12.1. The zero-order valence-corrected chi connectivity index (χ0v) is 15.4. The van der Waals surface area contributed by atoms with Gasteiger partial charge < -0.3 is 25.4 Å². The molecule has 0 aliphatic carbocycles. The lowest BCUT2D eigenvalue weighted by Gasteiger charge is -2.27. The standard InChI is InChI=1S/C16H34N4O3/c1-6-11-20(15(21)23-16(3,4)5)12-10-19-14(17)18-9-8-13-22-7-2/h6-13H2,1-5H3,(H3,17,18,19). The number of nitrogens with two attached hydrogens (primary N) is 1. The van der Waals surface area contributed by atoms with E-state index in [4.69, 9.17) is 15.2 Å². The minimum Gasteiger partial charge on any atom is -0.444 e. The summed E-state index contributed by atoms with van der Waals surface area (Å²) >= 11 is 0. The van der Waals surface area contributed by atoms with E-state index in [2.05, 4.69) is 10.3 Å². The molecule has 0 spiro atoms. The molecule has 1 amide bonds. The summed E-state index contributed by atoms with van der Waals surface area (Å²) in [7, 11) is 0. The van der Waals surface area contributed by atoms with Crippen molar-refractivity contribution in [3.8, 4) is 0 Å². The highest BCUT2D eigenvalue weighted by Gasteiger charge is 2.21. The number of nitrogens with zero attached hydrogens (tertiary/aromatic N) is 2. The zero-order chi connectivity index (χ0) is 17.7. The fourth-order valence-electron chi connectivity index (χ4n) is 1.78. The molecule has 0 aromatic carbocycles. The van der Waals surface area contributed by atoms with Gasteiger partial charge in [-0.15, -0.1) is 0 Å². The summed E-state index contributed by atoms with van der Waals surface area (Å²) in [6, 6.07) is 0. The van der Waals surface area contributed by atoms with Crippen LogP contribution >= 0.6 is 0 Å². The molecule has 0 aromatic rings. The fourth-order valence-corrected chi connectivity index (χ4v) is 1.78. The van der Waals surface area contributed by atoms with Crippen molar-refractivity contribution in [2.24, 2.45) is 10.7 Å². The number of amides is 1. The van der Waals surface area contributed by atoms with Crippen molar-refractivity contribution in [3.05, 3.63) is 0 Å². The molecule has 0 rings (SSSR count). The van der Waals surface area contributed by atoms with Gasteiger partial charge in [-0.25, -0.2) is 4.79 Å². The Bertz CT molecular complexity index is 354. The first-order valence-corrected chi connectivity index (χ1v) is 8.39. The third-order valence-corrected chi connectivity index (χ3v) is 2.77. The molecule has 0 fully saturated rings. The average molecular weight is 330 g/mol. The molecule has 0 radical (unpaired) electrons. The van der Waals surface area contributed by atoms with Crippen LogP contribution < -0.4 is 11.1 Å². The van der Waals surface area contributed by atoms with E-state index < -0.39 is 5.60 Å². The molecule has 0 aliphatic heterocycles. The van der Waals surface area contributed by atoms with Crippen molar-refractivity contribution in [1.82, 2.24) is 10.2 Å². The third-order valence-electron chi connectivity index (χ3n) is 2.77. The van der Waals surface area contributed by atoms with E-state index in [0.717, 1.165) is 19.4 Å². The second kappa shape index (κ2) is 12.0. The fraction of sp³-hybridized carbons (Fsp3) is 0.875. The van der Waals surface area contributed by atoms with Crippen LogP contribution in [0.2, 0.25) is 0 Å². The number of ether oxygens (including phenoxy) is 2. The highest BCUT2D eigenvalue weighted by Crippen LogP contribution is 2.09. The topological polar surface area (TPSA) is 89.2 Å². The molecule has 0 atom stereocenters. The van der Waals surface area contributed by atoms with Gasteiger partial charge in [-0.05, 0) is 40.5 Å². The van der Waals surface area contributed by atoms with Gasteiger partial charge in [0.2, 0.25) is 0 Å². The summed E-state index contributed by atoms with van der Waals surface area (Å²) < 4.78 is 10.6. The van der Waals surface area contributed by atoms with E-state index in [1.165, 1.54) is 0 Å². The molecule has 7 heteroatoms. The first-order chi connectivity index (χ1) is 10.8. The van der Waals surface area contributed by atoms with Gasteiger partial charge in [0.25, 0.3) is 0 Å². The lowest BCUT2D eigenvalue weighted by molar-refractivity contribution is 0.0253. The Morgan fingerprint density at radius 2 is 1.96 bits per heavy atom. The molecular weight excluding hydrogens is 296 g/mol. The molecule has 0 saturated carbocycles. The normalized spacial score (nSPS) is 12.1. The van der Waals surface area contributed by atoms with Gasteiger partial charge in [-0.2, -0.15) is 0 Å². The number of carbonyl (C=O) groups excluding carboxylic acids is 1. The first kappa shape index (κ1) is 21.5. The predicted molar refractivity (Wildman–Crippen MR) is 93.7 cm³/mol. The van der Waals surface area contributed by atoms with Gasteiger partial charge in [0.05, 0.1) is 0 Å². The van der Waals surface area contributed by atoms with Gasteiger partial charge in [0, 0.05) is 39.4 Å². The maximum atomic E-state index is 12.1. The molecule has 0 unspecified atom stereocenters. The number of aliphatic imine (C=N–C) groups is 1. The van der Waals surface area contributed by atoms with Crippen molar-refractivity contribution < 1.29 is 14.3 Å². The van der Waals surface area contributed by atoms with Crippen molar-refractivity contribution >= 4 is 12.1 Å². The summed E-state index contributed by atoms with van der Waals surface area (Å²) in [6.45, 7) is 13.3. The number of carbonyl (C=O) groups is 1. The minimum atomic E-state index is -0.489. The number of hydrogen-bond acceptors (Lipinski definition) is 4. The van der Waals surface area contributed by atoms with E-state index in [9.17, 15) is 4.79 Å². The monoisotopic (exact) mass is 330 g/mol. The molecule has 0 aromatic heterocycles. The molecular formula is C16H34N4O3. The maximum Gasteiger partial charge on any atom is 0.410 e. The van der Waals surface area contributed by atoms with Crippen LogP contribution in [0.3, 0.4) is 0 Å². The Balaban J connectivity index is 4.12. The largest absolute Gasteiger partial charge is 0.444 e. The molecule has 23 heavy (non-hydrogen) atoms. The van der Waals surface area contributed by atoms with Gasteiger partial charge in [-0.3, -0.25) is 4.99 Å². The minimum absolute atomic E-state index is 0.298. The summed E-state index contributed by atoms with van der Waals surface area (Å²) in [5, 5.41) is 3.02. The van der Waals surface area contributed by atoms with Crippen LogP contribution in [0, 0.1) is 0 Å². The van der Waals surface area contributed by atoms with Gasteiger partial charge in [0.15, 0.2) is 5.96 Å². The number of guanidine groups is 1. The number of hydrogen-bond donors (Lipinski definition) is 2. The van der Waals surface area contributed by atoms with Crippen LogP contribution in [-0.2, 0) is 9.47 Å². The van der Waals surface area contributed by atoms with Crippen molar-refractivity contribution in [2.45, 2.75) is 53.1 Å². The molecule has 0 saturated heterocycles. The van der Waals surface area contributed by atoms with Crippen LogP contribution in [0.5, 0.6) is 0 Å². The highest BCUT2D eigenvalue weighted by atomic mass is 16.6. The van der Waals surface area contributed by atoms with Crippen molar-refractivity contribution in [1.29, 1.82) is 0 Å². The lowest BCUT2D eigenvalue weighted by Crippen LogP contribution is -2.43.